The molecule has 0 bridgehead atoms. The number of aromatic nitrogens is 2. The van der Waals surface area contributed by atoms with Crippen molar-refractivity contribution in [1.82, 2.24) is 15.3 Å². The number of nitrogens with zero attached hydrogens (tertiary/aromatic N) is 2. The summed E-state index contributed by atoms with van der Waals surface area (Å²) < 4.78 is 12.2. The van der Waals surface area contributed by atoms with Gasteiger partial charge in [-0.1, -0.05) is 41.7 Å². The Labute approximate surface area is 214 Å². The van der Waals surface area contributed by atoms with Gasteiger partial charge in [-0.3, -0.25) is 9.78 Å². The van der Waals surface area contributed by atoms with Crippen molar-refractivity contribution in [2.75, 3.05) is 6.54 Å². The average molecular weight is 508 g/mol. The standard InChI is InChI=1S/C27H25N3O3S.ClH/c1-18-25(26(31)29-16-13-19-11-14-28-15-12-19)34-27(30-18)32-22-8-10-24-21(17-22)7-9-23(33-24)20-5-3-2-4-6-20;/h2-6,8,10-12,14-15,17,23H,7,9,13,16H2,1H3,(H,29,31);1H/t23-;/m0./s1. The number of fused-ring (bicyclic) bond motifs is 1. The minimum absolute atomic E-state index is 0. The van der Waals surface area contributed by atoms with Gasteiger partial charge in [-0.15, -0.1) is 12.4 Å². The monoisotopic (exact) mass is 507 g/mol. The van der Waals surface area contributed by atoms with E-state index in [0.29, 0.717) is 28.1 Å². The maximum absolute atomic E-state index is 12.6. The maximum Gasteiger partial charge on any atom is 0.279 e. The predicted molar refractivity (Wildman–Crippen MR) is 139 cm³/mol. The second-order valence-corrected chi connectivity index (χ2v) is 9.14. The first-order valence-electron chi connectivity index (χ1n) is 11.3. The molecule has 0 unspecified atom stereocenters. The molecule has 1 amide bonds. The van der Waals surface area contributed by atoms with Crippen LogP contribution in [0, 0.1) is 6.92 Å². The summed E-state index contributed by atoms with van der Waals surface area (Å²) in [5.74, 6) is 1.45. The van der Waals surface area contributed by atoms with Crippen LogP contribution in [0.3, 0.4) is 0 Å². The predicted octanol–water partition coefficient (Wildman–Crippen LogP) is 6.10. The molecule has 6 nitrogen and oxygen atoms in total. The molecule has 1 aliphatic heterocycles. The maximum atomic E-state index is 12.6. The van der Waals surface area contributed by atoms with Crippen molar-refractivity contribution < 1.29 is 14.3 Å². The fraction of sp³-hybridized carbons (Fsp3) is 0.222. The number of benzene rings is 2. The summed E-state index contributed by atoms with van der Waals surface area (Å²) in [5.41, 5.74) is 4.10. The van der Waals surface area contributed by atoms with Crippen molar-refractivity contribution in [3.63, 3.8) is 0 Å². The number of nitrogens with one attached hydrogen (secondary N) is 1. The van der Waals surface area contributed by atoms with E-state index in [-0.39, 0.29) is 24.4 Å². The number of halogens is 1. The molecular formula is C27H26ClN3O3S. The average Bonchev–Trinajstić information content (AvgIpc) is 3.24. The zero-order valence-electron chi connectivity index (χ0n) is 19.3. The summed E-state index contributed by atoms with van der Waals surface area (Å²) in [7, 11) is 0. The number of pyridine rings is 1. The van der Waals surface area contributed by atoms with Gasteiger partial charge in [0.25, 0.3) is 11.1 Å². The molecule has 0 saturated carbocycles. The zero-order valence-corrected chi connectivity index (χ0v) is 20.9. The molecule has 3 heterocycles. The molecule has 35 heavy (non-hydrogen) atoms. The Bertz CT molecular complexity index is 1280. The zero-order chi connectivity index (χ0) is 23.3. The molecule has 8 heteroatoms. The molecule has 1 aliphatic rings. The molecule has 0 radical (unpaired) electrons. The molecule has 2 aromatic heterocycles. The van der Waals surface area contributed by atoms with Crippen LogP contribution in [0.2, 0.25) is 0 Å². The van der Waals surface area contributed by atoms with Crippen molar-refractivity contribution in [3.8, 4) is 16.7 Å². The normalized spacial score (nSPS) is 14.3. The summed E-state index contributed by atoms with van der Waals surface area (Å²) in [4.78, 5) is 21.7. The summed E-state index contributed by atoms with van der Waals surface area (Å²) in [6.07, 6.45) is 6.15. The molecule has 5 rings (SSSR count). The number of aryl methyl sites for hydroxylation is 2. The van der Waals surface area contributed by atoms with Crippen LogP contribution in [0.15, 0.2) is 73.1 Å². The van der Waals surface area contributed by atoms with Crippen LogP contribution in [0.5, 0.6) is 16.7 Å². The highest BCUT2D eigenvalue weighted by Gasteiger charge is 2.22. The highest BCUT2D eigenvalue weighted by atomic mass is 35.5. The van der Waals surface area contributed by atoms with E-state index in [0.717, 1.165) is 36.1 Å². The first kappa shape index (κ1) is 24.7. The minimum atomic E-state index is -0.135. The Morgan fingerprint density at radius 1 is 1.14 bits per heavy atom. The van der Waals surface area contributed by atoms with Crippen LogP contribution in [0.25, 0.3) is 0 Å². The van der Waals surface area contributed by atoms with Gasteiger partial charge in [-0.05, 0) is 73.2 Å². The van der Waals surface area contributed by atoms with Crippen molar-refractivity contribution in [3.05, 3.63) is 100 Å². The van der Waals surface area contributed by atoms with E-state index >= 15 is 0 Å². The smallest absolute Gasteiger partial charge is 0.279 e. The topological polar surface area (TPSA) is 73.3 Å². The highest BCUT2D eigenvalue weighted by molar-refractivity contribution is 7.15. The first-order chi connectivity index (χ1) is 16.7. The third-order valence-corrected chi connectivity index (χ3v) is 6.82. The number of hydrogen-bond donors (Lipinski definition) is 1. The number of hydrogen-bond acceptors (Lipinski definition) is 6. The first-order valence-corrected chi connectivity index (χ1v) is 12.1. The van der Waals surface area contributed by atoms with E-state index in [2.05, 4.69) is 27.4 Å². The lowest BCUT2D eigenvalue weighted by molar-refractivity contribution is 0.0957. The van der Waals surface area contributed by atoms with E-state index in [1.165, 1.54) is 16.9 Å². The van der Waals surface area contributed by atoms with Crippen LogP contribution >= 0.6 is 23.7 Å². The third kappa shape index (κ3) is 5.99. The fourth-order valence-corrected chi connectivity index (χ4v) is 4.86. The van der Waals surface area contributed by atoms with Gasteiger partial charge in [-0.25, -0.2) is 4.98 Å². The summed E-state index contributed by atoms with van der Waals surface area (Å²) in [6, 6.07) is 20.0. The van der Waals surface area contributed by atoms with Crippen molar-refractivity contribution in [1.29, 1.82) is 0 Å². The van der Waals surface area contributed by atoms with Crippen molar-refractivity contribution in [2.24, 2.45) is 0 Å². The number of ether oxygens (including phenoxy) is 2. The van der Waals surface area contributed by atoms with Gasteiger partial charge in [0.1, 0.15) is 22.5 Å². The summed E-state index contributed by atoms with van der Waals surface area (Å²) >= 11 is 1.26. The number of amides is 1. The van der Waals surface area contributed by atoms with Gasteiger partial charge in [0, 0.05) is 18.9 Å². The highest BCUT2D eigenvalue weighted by Crippen LogP contribution is 2.38. The van der Waals surface area contributed by atoms with Crippen LogP contribution in [0.4, 0.5) is 0 Å². The second kappa shape index (κ2) is 11.3. The summed E-state index contributed by atoms with van der Waals surface area (Å²) in [6.45, 7) is 2.37. The largest absolute Gasteiger partial charge is 0.485 e. The van der Waals surface area contributed by atoms with Crippen LogP contribution in [0.1, 0.15) is 44.6 Å². The van der Waals surface area contributed by atoms with E-state index in [9.17, 15) is 4.79 Å². The van der Waals surface area contributed by atoms with Gasteiger partial charge in [0.2, 0.25) is 0 Å². The van der Waals surface area contributed by atoms with Crippen LogP contribution < -0.4 is 14.8 Å². The van der Waals surface area contributed by atoms with E-state index in [1.54, 1.807) is 12.4 Å². The van der Waals surface area contributed by atoms with Crippen LogP contribution in [-0.4, -0.2) is 22.4 Å². The lowest BCUT2D eigenvalue weighted by atomic mass is 9.97. The summed E-state index contributed by atoms with van der Waals surface area (Å²) in [5, 5.41) is 3.42. The molecule has 1 N–H and O–H groups in total. The Kier molecular flexibility index (Phi) is 8.00. The number of thiazole rings is 1. The van der Waals surface area contributed by atoms with Gasteiger partial charge in [-0.2, -0.15) is 0 Å². The SMILES string of the molecule is Cc1nc(Oc2ccc3c(c2)CC[C@@H](c2ccccc2)O3)sc1C(=O)NCCc1ccncc1.Cl. The number of carbonyl (C=O) groups excluding carboxylic acids is 1. The van der Waals surface area contributed by atoms with Gasteiger partial charge < -0.3 is 14.8 Å². The number of rotatable bonds is 7. The molecule has 0 saturated heterocycles. The minimum Gasteiger partial charge on any atom is -0.485 e. The fourth-order valence-electron chi connectivity index (χ4n) is 4.01. The molecular weight excluding hydrogens is 482 g/mol. The Morgan fingerprint density at radius 2 is 1.94 bits per heavy atom. The quantitative estimate of drug-likeness (QED) is 0.327. The lowest BCUT2D eigenvalue weighted by Gasteiger charge is -2.26. The Hall–Kier alpha value is -3.42. The van der Waals surface area contributed by atoms with Gasteiger partial charge in [0.05, 0.1) is 5.69 Å². The molecule has 2 aromatic carbocycles. The second-order valence-electron chi connectivity index (χ2n) is 8.18. The molecule has 0 spiro atoms. The Balaban J connectivity index is 0.00000289. The van der Waals surface area contributed by atoms with E-state index in [1.807, 2.05) is 55.5 Å². The molecule has 180 valence electrons. The third-order valence-electron chi connectivity index (χ3n) is 5.79. The lowest BCUT2D eigenvalue weighted by Crippen LogP contribution is -2.25. The molecule has 0 fully saturated rings. The molecule has 4 aromatic rings. The van der Waals surface area contributed by atoms with Gasteiger partial charge in [0.15, 0.2) is 0 Å². The van der Waals surface area contributed by atoms with Crippen molar-refractivity contribution in [2.45, 2.75) is 32.3 Å². The van der Waals surface area contributed by atoms with Crippen molar-refractivity contribution >= 4 is 29.7 Å². The van der Waals surface area contributed by atoms with Crippen LogP contribution in [-0.2, 0) is 12.8 Å². The van der Waals surface area contributed by atoms with E-state index in [4.69, 9.17) is 9.47 Å². The van der Waals surface area contributed by atoms with E-state index < -0.39 is 0 Å². The number of carbonyl (C=O) groups is 1. The molecule has 1 atom stereocenters. The molecule has 0 aliphatic carbocycles. The Morgan fingerprint density at radius 3 is 2.74 bits per heavy atom. The van der Waals surface area contributed by atoms with Gasteiger partial charge >= 0.3 is 0 Å².